The molecule has 0 amide bonds. The van der Waals surface area contributed by atoms with Crippen LogP contribution in [-0.2, 0) is 0 Å². The van der Waals surface area contributed by atoms with Crippen molar-refractivity contribution >= 4 is 5.69 Å². The molecule has 0 radical (unpaired) electrons. The van der Waals surface area contributed by atoms with Gasteiger partial charge in [0.1, 0.15) is 0 Å². The molecule has 1 aromatic rings. The van der Waals surface area contributed by atoms with Crippen LogP contribution in [0.1, 0.15) is 17.9 Å². The second-order valence-electron chi connectivity index (χ2n) is 3.92. The lowest BCUT2D eigenvalue weighted by Crippen LogP contribution is -2.04. The Labute approximate surface area is 90.2 Å². The minimum atomic E-state index is -1.19. The van der Waals surface area contributed by atoms with Gasteiger partial charge in [0, 0.05) is 5.56 Å². The molecule has 0 saturated heterocycles. The van der Waals surface area contributed by atoms with Gasteiger partial charge in [-0.15, -0.1) is 0 Å². The minimum Gasteiger partial charge on any atom is -0.330 e. The fraction of sp³-hybridized carbons (Fsp3) is 0.400. The summed E-state index contributed by atoms with van der Waals surface area (Å²) in [7, 11) is 0. The molecular formula is C10H10F2N2O2. The van der Waals surface area contributed by atoms with Crippen LogP contribution in [-0.4, -0.2) is 11.5 Å². The van der Waals surface area contributed by atoms with Gasteiger partial charge in [-0.25, -0.2) is 8.78 Å². The van der Waals surface area contributed by atoms with Crippen molar-refractivity contribution in [2.75, 3.05) is 6.54 Å². The molecule has 2 N–H and O–H groups in total. The number of nitrogens with zero attached hydrogens (tertiary/aromatic N) is 1. The van der Waals surface area contributed by atoms with Crippen LogP contribution < -0.4 is 5.73 Å². The number of halogens is 2. The van der Waals surface area contributed by atoms with Gasteiger partial charge in [0.15, 0.2) is 11.6 Å². The zero-order valence-electron chi connectivity index (χ0n) is 8.32. The second-order valence-corrected chi connectivity index (χ2v) is 3.92. The topological polar surface area (TPSA) is 69.2 Å². The summed E-state index contributed by atoms with van der Waals surface area (Å²) in [5, 5.41) is 10.7. The van der Waals surface area contributed by atoms with Gasteiger partial charge in [-0.3, -0.25) is 10.1 Å². The largest absolute Gasteiger partial charge is 0.330 e. The zero-order chi connectivity index (χ0) is 11.9. The Kier molecular flexibility index (Phi) is 2.59. The lowest BCUT2D eigenvalue weighted by Gasteiger charge is -2.02. The van der Waals surface area contributed by atoms with E-state index in [2.05, 4.69) is 0 Å². The van der Waals surface area contributed by atoms with Crippen LogP contribution in [0.3, 0.4) is 0 Å². The van der Waals surface area contributed by atoms with Crippen molar-refractivity contribution in [2.45, 2.75) is 12.3 Å². The molecule has 2 unspecified atom stereocenters. The van der Waals surface area contributed by atoms with Crippen molar-refractivity contribution in [3.8, 4) is 0 Å². The third kappa shape index (κ3) is 1.76. The van der Waals surface area contributed by atoms with Gasteiger partial charge in [-0.2, -0.15) is 0 Å². The molecule has 1 aliphatic carbocycles. The number of benzene rings is 1. The van der Waals surface area contributed by atoms with Gasteiger partial charge in [0.2, 0.25) is 0 Å². The molecule has 1 fully saturated rings. The number of nitro groups is 1. The second kappa shape index (κ2) is 3.79. The summed E-state index contributed by atoms with van der Waals surface area (Å²) in [5.74, 6) is -2.22. The van der Waals surface area contributed by atoms with E-state index < -0.39 is 16.6 Å². The van der Waals surface area contributed by atoms with Crippen LogP contribution in [0.5, 0.6) is 0 Å². The molecule has 0 bridgehead atoms. The van der Waals surface area contributed by atoms with Crippen molar-refractivity contribution in [3.05, 3.63) is 39.4 Å². The molecule has 16 heavy (non-hydrogen) atoms. The van der Waals surface area contributed by atoms with Crippen LogP contribution >= 0.6 is 0 Å². The van der Waals surface area contributed by atoms with Crippen LogP contribution in [0.15, 0.2) is 12.1 Å². The van der Waals surface area contributed by atoms with E-state index in [4.69, 9.17) is 5.73 Å². The SMILES string of the molecule is NCC1CC1c1cc(F)c(F)cc1[N+](=O)[O-]. The molecule has 0 aliphatic heterocycles. The highest BCUT2D eigenvalue weighted by atomic mass is 19.2. The Morgan fingerprint density at radius 1 is 1.44 bits per heavy atom. The van der Waals surface area contributed by atoms with Crippen molar-refractivity contribution in [3.63, 3.8) is 0 Å². The van der Waals surface area contributed by atoms with E-state index in [1.54, 1.807) is 0 Å². The first-order valence-corrected chi connectivity index (χ1v) is 4.88. The monoisotopic (exact) mass is 228 g/mol. The summed E-state index contributed by atoms with van der Waals surface area (Å²) >= 11 is 0. The average molecular weight is 228 g/mol. The van der Waals surface area contributed by atoms with Gasteiger partial charge >= 0.3 is 0 Å². The Balaban J connectivity index is 2.43. The van der Waals surface area contributed by atoms with Crippen LogP contribution in [0.25, 0.3) is 0 Å². The molecule has 1 saturated carbocycles. The van der Waals surface area contributed by atoms with E-state index in [9.17, 15) is 18.9 Å². The van der Waals surface area contributed by atoms with Gasteiger partial charge in [0.25, 0.3) is 5.69 Å². The highest BCUT2D eigenvalue weighted by Gasteiger charge is 2.41. The molecule has 2 rings (SSSR count). The van der Waals surface area contributed by atoms with E-state index in [-0.39, 0.29) is 23.1 Å². The van der Waals surface area contributed by atoms with Crippen molar-refractivity contribution in [2.24, 2.45) is 11.7 Å². The molecule has 1 aromatic carbocycles. The number of hydrogen-bond acceptors (Lipinski definition) is 3. The third-order valence-corrected chi connectivity index (χ3v) is 2.89. The van der Waals surface area contributed by atoms with Gasteiger partial charge in [0.05, 0.1) is 11.0 Å². The molecular weight excluding hydrogens is 218 g/mol. The van der Waals surface area contributed by atoms with E-state index in [1.807, 2.05) is 0 Å². The summed E-state index contributed by atoms with van der Waals surface area (Å²) in [5.41, 5.74) is 5.31. The predicted molar refractivity (Wildman–Crippen MR) is 52.9 cm³/mol. The number of hydrogen-bond donors (Lipinski definition) is 1. The first-order valence-electron chi connectivity index (χ1n) is 4.88. The molecule has 4 nitrogen and oxygen atoms in total. The van der Waals surface area contributed by atoms with Crippen LogP contribution in [0, 0.1) is 27.7 Å². The quantitative estimate of drug-likeness (QED) is 0.634. The summed E-state index contributed by atoms with van der Waals surface area (Å²) in [6, 6.07) is 1.55. The van der Waals surface area contributed by atoms with Crippen LogP contribution in [0.4, 0.5) is 14.5 Å². The maximum atomic E-state index is 13.0. The van der Waals surface area contributed by atoms with Crippen molar-refractivity contribution in [1.29, 1.82) is 0 Å². The average Bonchev–Trinajstić information content (AvgIpc) is 3.00. The fourth-order valence-electron chi connectivity index (χ4n) is 1.90. The Hall–Kier alpha value is -1.56. The van der Waals surface area contributed by atoms with Gasteiger partial charge in [-0.05, 0) is 30.9 Å². The van der Waals surface area contributed by atoms with E-state index in [1.165, 1.54) is 0 Å². The third-order valence-electron chi connectivity index (χ3n) is 2.89. The van der Waals surface area contributed by atoms with Crippen molar-refractivity contribution in [1.82, 2.24) is 0 Å². The Morgan fingerprint density at radius 2 is 2.06 bits per heavy atom. The first-order chi connectivity index (χ1) is 7.54. The summed E-state index contributed by atoms with van der Waals surface area (Å²) < 4.78 is 25.9. The Morgan fingerprint density at radius 3 is 2.56 bits per heavy atom. The highest BCUT2D eigenvalue weighted by Crippen LogP contribution is 2.49. The maximum Gasteiger partial charge on any atom is 0.276 e. The molecule has 0 heterocycles. The smallest absolute Gasteiger partial charge is 0.276 e. The molecule has 1 aliphatic rings. The summed E-state index contributed by atoms with van der Waals surface area (Å²) in [6.07, 6.45) is 0.697. The van der Waals surface area contributed by atoms with E-state index in [0.29, 0.717) is 19.0 Å². The minimum absolute atomic E-state index is 0.111. The molecule has 6 heteroatoms. The number of nitrogens with two attached hydrogens (primary N) is 1. The normalized spacial score (nSPS) is 23.2. The van der Waals surface area contributed by atoms with Crippen molar-refractivity contribution < 1.29 is 13.7 Å². The van der Waals surface area contributed by atoms with E-state index in [0.717, 1.165) is 6.07 Å². The lowest BCUT2D eigenvalue weighted by molar-refractivity contribution is -0.385. The van der Waals surface area contributed by atoms with Gasteiger partial charge < -0.3 is 5.73 Å². The van der Waals surface area contributed by atoms with Gasteiger partial charge in [-0.1, -0.05) is 0 Å². The summed E-state index contributed by atoms with van der Waals surface area (Å²) in [6.45, 7) is 0.404. The number of nitro benzene ring substituents is 1. The Bertz CT molecular complexity index is 451. The molecule has 0 spiro atoms. The first kappa shape index (κ1) is 10.9. The highest BCUT2D eigenvalue weighted by molar-refractivity contribution is 5.46. The maximum absolute atomic E-state index is 13.0. The lowest BCUT2D eigenvalue weighted by atomic mass is 10.1. The summed E-state index contributed by atoms with van der Waals surface area (Å²) in [4.78, 5) is 10.0. The molecule has 2 atom stereocenters. The van der Waals surface area contributed by atoms with E-state index >= 15 is 0 Å². The van der Waals surface area contributed by atoms with Crippen LogP contribution in [0.2, 0.25) is 0 Å². The standard InChI is InChI=1S/C10H10F2N2O2/c11-8-2-7(6-1-5(6)4-13)10(14(15)16)3-9(8)12/h2-3,5-6H,1,4,13H2. The molecule has 86 valence electrons. The fourth-order valence-corrected chi connectivity index (χ4v) is 1.90. The predicted octanol–water partition coefficient (Wildman–Crippen LogP) is 1.94. The molecule has 0 aromatic heterocycles. The number of rotatable bonds is 3. The zero-order valence-corrected chi connectivity index (χ0v) is 8.32.